The lowest BCUT2D eigenvalue weighted by atomic mass is 9.88. The van der Waals surface area contributed by atoms with Crippen molar-refractivity contribution in [2.45, 2.75) is 25.7 Å². The molecule has 3 atom stereocenters. The molecule has 2 saturated carbocycles. The molecule has 4 nitrogen and oxygen atoms in total. The van der Waals surface area contributed by atoms with Crippen LogP contribution in [0.5, 0.6) is 0 Å². The topological polar surface area (TPSA) is 43.2 Å². The molecule has 4 heteroatoms. The van der Waals surface area contributed by atoms with Crippen LogP contribution in [-0.2, 0) is 0 Å². The summed E-state index contributed by atoms with van der Waals surface area (Å²) >= 11 is 0. The maximum Gasteiger partial charge on any atom is 0.146 e. The minimum atomic E-state index is 0.683. The van der Waals surface area contributed by atoms with Gasteiger partial charge in [-0.15, -0.1) is 0 Å². The lowest BCUT2D eigenvalue weighted by Crippen LogP contribution is -2.48. The summed E-state index contributed by atoms with van der Waals surface area (Å²) in [6.07, 6.45) is 7.82. The fraction of sp³-hybridized carbons (Fsp3) is 0.500. The molecule has 144 valence electrons. The molecule has 2 aliphatic carbocycles. The van der Waals surface area contributed by atoms with Gasteiger partial charge in [0, 0.05) is 44.5 Å². The highest BCUT2D eigenvalue weighted by atomic mass is 15.3. The van der Waals surface area contributed by atoms with Gasteiger partial charge in [0.2, 0.25) is 0 Å². The van der Waals surface area contributed by atoms with Gasteiger partial charge < -0.3 is 4.90 Å². The maximum absolute atomic E-state index is 9.70. The average molecular weight is 373 g/mol. The highest BCUT2D eigenvalue weighted by Gasteiger charge is 2.40. The molecule has 3 unspecified atom stereocenters. The van der Waals surface area contributed by atoms with Gasteiger partial charge in [-0.2, -0.15) is 5.26 Å². The Morgan fingerprint density at radius 1 is 1.00 bits per heavy atom. The summed E-state index contributed by atoms with van der Waals surface area (Å²) in [5.74, 6) is 3.81. The van der Waals surface area contributed by atoms with E-state index in [4.69, 9.17) is 4.98 Å². The van der Waals surface area contributed by atoms with Gasteiger partial charge in [-0.3, -0.25) is 4.90 Å². The number of piperazine rings is 1. The second-order valence-corrected chi connectivity index (χ2v) is 8.80. The Hall–Kier alpha value is -2.38. The first-order valence-electron chi connectivity index (χ1n) is 10.7. The van der Waals surface area contributed by atoms with Crippen molar-refractivity contribution in [3.05, 3.63) is 48.2 Å². The van der Waals surface area contributed by atoms with Crippen LogP contribution in [0.1, 0.15) is 31.2 Å². The van der Waals surface area contributed by atoms with E-state index in [1.54, 1.807) is 0 Å². The van der Waals surface area contributed by atoms with E-state index in [1.807, 2.05) is 30.5 Å². The molecular weight excluding hydrogens is 344 g/mol. The third-order valence-corrected chi connectivity index (χ3v) is 7.14. The monoisotopic (exact) mass is 372 g/mol. The summed E-state index contributed by atoms with van der Waals surface area (Å²) in [4.78, 5) is 9.64. The van der Waals surface area contributed by atoms with Crippen LogP contribution in [0.15, 0.2) is 42.6 Å². The van der Waals surface area contributed by atoms with Gasteiger partial charge in [0.1, 0.15) is 11.9 Å². The standard InChI is InChI=1S/C24H28N4/c25-15-21-14-22(19-4-2-1-3-5-19)16-26-24(21)28-10-8-27(9-11-28)17-23-13-18-6-7-20(23)12-18/h1-5,14,16,18,20,23H,6-13,17H2. The van der Waals surface area contributed by atoms with Crippen LogP contribution in [0.2, 0.25) is 0 Å². The number of rotatable bonds is 4. The van der Waals surface area contributed by atoms with Crippen LogP contribution in [-0.4, -0.2) is 42.6 Å². The first-order chi connectivity index (χ1) is 13.8. The normalized spacial score (nSPS) is 27.1. The number of nitrogens with zero attached hydrogens (tertiary/aromatic N) is 4. The van der Waals surface area contributed by atoms with Gasteiger partial charge in [-0.05, 0) is 48.6 Å². The number of pyridine rings is 1. The molecule has 3 fully saturated rings. The smallest absolute Gasteiger partial charge is 0.146 e. The fourth-order valence-corrected chi connectivity index (χ4v) is 5.65. The van der Waals surface area contributed by atoms with Crippen LogP contribution in [0.25, 0.3) is 11.1 Å². The van der Waals surface area contributed by atoms with E-state index < -0.39 is 0 Å². The van der Waals surface area contributed by atoms with E-state index in [0.29, 0.717) is 5.56 Å². The number of fused-ring (bicyclic) bond motifs is 2. The molecule has 1 aliphatic heterocycles. The van der Waals surface area contributed by atoms with E-state index in [0.717, 1.165) is 60.9 Å². The molecule has 1 saturated heterocycles. The molecule has 5 rings (SSSR count). The van der Waals surface area contributed by atoms with E-state index in [2.05, 4.69) is 28.0 Å². The minimum Gasteiger partial charge on any atom is -0.353 e. The van der Waals surface area contributed by atoms with Crippen molar-refractivity contribution in [3.8, 4) is 17.2 Å². The zero-order valence-electron chi connectivity index (χ0n) is 16.4. The van der Waals surface area contributed by atoms with Crippen LogP contribution >= 0.6 is 0 Å². The molecule has 3 aliphatic rings. The maximum atomic E-state index is 9.70. The lowest BCUT2D eigenvalue weighted by Gasteiger charge is -2.38. The Balaban J connectivity index is 1.24. The summed E-state index contributed by atoms with van der Waals surface area (Å²) in [7, 11) is 0. The molecule has 28 heavy (non-hydrogen) atoms. The summed E-state index contributed by atoms with van der Waals surface area (Å²) < 4.78 is 0. The van der Waals surface area contributed by atoms with Crippen molar-refractivity contribution < 1.29 is 0 Å². The van der Waals surface area contributed by atoms with Gasteiger partial charge in [0.15, 0.2) is 0 Å². The zero-order valence-corrected chi connectivity index (χ0v) is 16.4. The number of nitriles is 1. The summed E-state index contributed by atoms with van der Waals surface area (Å²) in [5.41, 5.74) is 2.80. The SMILES string of the molecule is N#Cc1cc(-c2ccccc2)cnc1N1CCN(CC2CC3CCC2C3)CC1. The quantitative estimate of drug-likeness (QED) is 0.808. The van der Waals surface area contributed by atoms with Crippen molar-refractivity contribution >= 4 is 5.82 Å². The van der Waals surface area contributed by atoms with Crippen molar-refractivity contribution in [3.63, 3.8) is 0 Å². The number of anilines is 1. The van der Waals surface area contributed by atoms with Crippen LogP contribution in [0, 0.1) is 29.1 Å². The highest BCUT2D eigenvalue weighted by molar-refractivity contribution is 5.68. The Morgan fingerprint density at radius 2 is 1.82 bits per heavy atom. The zero-order chi connectivity index (χ0) is 18.9. The van der Waals surface area contributed by atoms with Gasteiger partial charge in [-0.25, -0.2) is 4.98 Å². The molecule has 2 heterocycles. The van der Waals surface area contributed by atoms with Gasteiger partial charge in [-0.1, -0.05) is 36.8 Å². The second-order valence-electron chi connectivity index (χ2n) is 8.80. The Kier molecular flexibility index (Phi) is 4.78. The van der Waals surface area contributed by atoms with Crippen molar-refractivity contribution in [2.75, 3.05) is 37.6 Å². The van der Waals surface area contributed by atoms with Crippen LogP contribution in [0.4, 0.5) is 5.82 Å². The van der Waals surface area contributed by atoms with E-state index >= 15 is 0 Å². The largest absolute Gasteiger partial charge is 0.353 e. The average Bonchev–Trinajstić information content (AvgIpc) is 3.38. The number of hydrogen-bond acceptors (Lipinski definition) is 4. The second kappa shape index (κ2) is 7.56. The third-order valence-electron chi connectivity index (χ3n) is 7.14. The first kappa shape index (κ1) is 17.7. The third kappa shape index (κ3) is 3.40. The Bertz CT molecular complexity index is 864. The van der Waals surface area contributed by atoms with Crippen molar-refractivity contribution in [1.82, 2.24) is 9.88 Å². The van der Waals surface area contributed by atoms with E-state index in [9.17, 15) is 5.26 Å². The number of hydrogen-bond donors (Lipinski definition) is 0. The minimum absolute atomic E-state index is 0.683. The van der Waals surface area contributed by atoms with Gasteiger partial charge in [0.25, 0.3) is 0 Å². The summed E-state index contributed by atoms with van der Waals surface area (Å²) in [5, 5.41) is 9.70. The van der Waals surface area contributed by atoms with Crippen molar-refractivity contribution in [2.24, 2.45) is 17.8 Å². The van der Waals surface area contributed by atoms with Gasteiger partial charge in [0.05, 0.1) is 5.56 Å². The van der Waals surface area contributed by atoms with Gasteiger partial charge >= 0.3 is 0 Å². The molecule has 2 aromatic rings. The number of benzene rings is 1. The Morgan fingerprint density at radius 3 is 2.50 bits per heavy atom. The molecule has 0 N–H and O–H groups in total. The van der Waals surface area contributed by atoms with Crippen molar-refractivity contribution in [1.29, 1.82) is 5.26 Å². The van der Waals surface area contributed by atoms with Crippen LogP contribution < -0.4 is 4.90 Å². The summed E-state index contributed by atoms with van der Waals surface area (Å²) in [6.45, 7) is 5.38. The molecule has 0 amide bonds. The molecule has 2 bridgehead atoms. The first-order valence-corrected chi connectivity index (χ1v) is 10.7. The molecule has 1 aromatic heterocycles. The molecule has 0 spiro atoms. The van der Waals surface area contributed by atoms with Crippen LogP contribution in [0.3, 0.4) is 0 Å². The highest BCUT2D eigenvalue weighted by Crippen LogP contribution is 2.48. The predicted octanol–water partition coefficient (Wildman–Crippen LogP) is 4.18. The fourth-order valence-electron chi connectivity index (χ4n) is 5.65. The molecule has 0 radical (unpaired) electrons. The van der Waals surface area contributed by atoms with E-state index in [1.165, 1.54) is 32.2 Å². The molecular formula is C24H28N4. The number of aromatic nitrogens is 1. The lowest BCUT2D eigenvalue weighted by molar-refractivity contribution is 0.182. The Labute approximate surface area is 167 Å². The predicted molar refractivity (Wildman–Crippen MR) is 112 cm³/mol. The summed E-state index contributed by atoms with van der Waals surface area (Å²) in [6, 6.07) is 14.5. The molecule has 1 aromatic carbocycles. The van der Waals surface area contributed by atoms with E-state index in [-0.39, 0.29) is 0 Å².